The van der Waals surface area contributed by atoms with Crippen molar-refractivity contribution in [3.8, 4) is 17.5 Å². The molecule has 2 aromatic rings. The van der Waals surface area contributed by atoms with Gasteiger partial charge in [0.1, 0.15) is 23.8 Å². The number of hydrogen-bond acceptors (Lipinski definition) is 6. The molecule has 7 heteroatoms. The first kappa shape index (κ1) is 10.6. The molecule has 82 valence electrons. The minimum absolute atomic E-state index is 0.110. The third kappa shape index (κ3) is 2.05. The summed E-state index contributed by atoms with van der Waals surface area (Å²) in [6.07, 6.45) is 3.81. The molecule has 0 atom stereocenters. The van der Waals surface area contributed by atoms with E-state index in [9.17, 15) is 4.79 Å². The van der Waals surface area contributed by atoms with Crippen molar-refractivity contribution in [2.24, 2.45) is 0 Å². The van der Waals surface area contributed by atoms with Gasteiger partial charge in [-0.25, -0.2) is 19.7 Å². The highest BCUT2D eigenvalue weighted by Gasteiger charge is 2.15. The van der Waals surface area contributed by atoms with E-state index in [-0.39, 0.29) is 22.8 Å². The Kier molecular flexibility index (Phi) is 2.70. The van der Waals surface area contributed by atoms with Crippen LogP contribution in [-0.2, 0) is 0 Å². The normalized spacial score (nSPS) is 9.59. The topological polar surface area (TPSA) is 113 Å². The smallest absolute Gasteiger partial charge is 0.356 e. The van der Waals surface area contributed by atoms with Crippen LogP contribution in [0.2, 0.25) is 0 Å². The van der Waals surface area contributed by atoms with Crippen LogP contribution in [0.5, 0.6) is 0 Å². The molecule has 0 aromatic carbocycles. The van der Waals surface area contributed by atoms with Gasteiger partial charge in [-0.15, -0.1) is 0 Å². The predicted molar refractivity (Wildman–Crippen MR) is 54.7 cm³/mol. The van der Waals surface area contributed by atoms with Gasteiger partial charge < -0.3 is 5.11 Å². The van der Waals surface area contributed by atoms with Crippen molar-refractivity contribution in [3.05, 3.63) is 36.2 Å². The predicted octanol–water partition coefficient (Wildman–Crippen LogP) is 0.503. The third-order valence-corrected chi connectivity index (χ3v) is 1.93. The van der Waals surface area contributed by atoms with Crippen LogP contribution >= 0.6 is 0 Å². The second kappa shape index (κ2) is 4.32. The highest BCUT2D eigenvalue weighted by atomic mass is 16.4. The Bertz CT molecular complexity index is 620. The molecular formula is C10H5N5O2. The van der Waals surface area contributed by atoms with Crippen molar-refractivity contribution >= 4 is 5.97 Å². The summed E-state index contributed by atoms with van der Waals surface area (Å²) in [5.74, 6) is -1.20. The number of aromatic nitrogens is 4. The molecule has 0 aliphatic rings. The molecule has 0 amide bonds. The molecule has 2 heterocycles. The van der Waals surface area contributed by atoms with Gasteiger partial charge in [0.25, 0.3) is 0 Å². The van der Waals surface area contributed by atoms with E-state index < -0.39 is 5.97 Å². The molecule has 0 spiro atoms. The van der Waals surface area contributed by atoms with Crippen molar-refractivity contribution in [2.45, 2.75) is 0 Å². The lowest BCUT2D eigenvalue weighted by Gasteiger charge is -2.02. The van der Waals surface area contributed by atoms with Crippen LogP contribution in [0.3, 0.4) is 0 Å². The summed E-state index contributed by atoms with van der Waals surface area (Å²) in [6, 6.07) is 3.20. The zero-order valence-electron chi connectivity index (χ0n) is 8.40. The first-order valence-corrected chi connectivity index (χ1v) is 4.49. The van der Waals surface area contributed by atoms with E-state index in [0.29, 0.717) is 0 Å². The molecule has 0 aliphatic heterocycles. The molecule has 2 aromatic heterocycles. The number of hydrogen-bond donors (Lipinski definition) is 1. The van der Waals surface area contributed by atoms with E-state index >= 15 is 0 Å². The summed E-state index contributed by atoms with van der Waals surface area (Å²) in [7, 11) is 0. The lowest BCUT2D eigenvalue weighted by atomic mass is 10.2. The molecule has 0 saturated carbocycles. The third-order valence-electron chi connectivity index (χ3n) is 1.93. The largest absolute Gasteiger partial charge is 0.476 e. The lowest BCUT2D eigenvalue weighted by molar-refractivity contribution is 0.0691. The highest BCUT2D eigenvalue weighted by molar-refractivity contribution is 5.91. The minimum Gasteiger partial charge on any atom is -0.476 e. The van der Waals surface area contributed by atoms with E-state index in [1.165, 1.54) is 24.8 Å². The Labute approximate surface area is 95.4 Å². The molecule has 0 fully saturated rings. The molecule has 7 nitrogen and oxygen atoms in total. The summed E-state index contributed by atoms with van der Waals surface area (Å²) < 4.78 is 0. The van der Waals surface area contributed by atoms with Crippen molar-refractivity contribution in [2.75, 3.05) is 0 Å². The summed E-state index contributed by atoms with van der Waals surface area (Å²) in [4.78, 5) is 26.1. The molecule has 0 saturated heterocycles. The second-order valence-corrected chi connectivity index (χ2v) is 2.96. The van der Waals surface area contributed by atoms with Gasteiger partial charge in [0.15, 0.2) is 5.69 Å². The summed E-state index contributed by atoms with van der Waals surface area (Å²) in [5.41, 5.74) is 0.285. The molecule has 17 heavy (non-hydrogen) atoms. The van der Waals surface area contributed by atoms with Crippen LogP contribution in [-0.4, -0.2) is 31.0 Å². The van der Waals surface area contributed by atoms with Gasteiger partial charge in [0.2, 0.25) is 0 Å². The van der Waals surface area contributed by atoms with E-state index in [1.807, 2.05) is 6.07 Å². The number of nitrogens with zero attached hydrogens (tertiary/aromatic N) is 5. The fraction of sp³-hybridized carbons (Fsp3) is 0. The highest BCUT2D eigenvalue weighted by Crippen LogP contribution is 2.17. The van der Waals surface area contributed by atoms with Crippen molar-refractivity contribution in [1.82, 2.24) is 19.9 Å². The van der Waals surface area contributed by atoms with Gasteiger partial charge >= 0.3 is 5.97 Å². The zero-order valence-corrected chi connectivity index (χ0v) is 8.40. The second-order valence-electron chi connectivity index (χ2n) is 2.96. The van der Waals surface area contributed by atoms with Crippen LogP contribution in [0.1, 0.15) is 16.2 Å². The van der Waals surface area contributed by atoms with Crippen molar-refractivity contribution < 1.29 is 9.90 Å². The lowest BCUT2D eigenvalue weighted by Crippen LogP contribution is -2.05. The van der Waals surface area contributed by atoms with E-state index in [4.69, 9.17) is 10.4 Å². The number of rotatable bonds is 2. The number of nitriles is 1. The van der Waals surface area contributed by atoms with Gasteiger partial charge in [0.05, 0.1) is 5.69 Å². The Balaban J connectivity index is 2.61. The van der Waals surface area contributed by atoms with Crippen molar-refractivity contribution in [1.29, 1.82) is 5.26 Å². The molecule has 0 radical (unpaired) electrons. The maximum atomic E-state index is 10.9. The molecule has 0 aliphatic carbocycles. The Morgan fingerprint density at radius 3 is 2.71 bits per heavy atom. The van der Waals surface area contributed by atoms with Crippen LogP contribution in [0, 0.1) is 11.3 Å². The number of carboxylic acid groups (broad SMARTS) is 1. The average Bonchev–Trinajstić information content (AvgIpc) is 2.39. The van der Waals surface area contributed by atoms with Crippen LogP contribution < -0.4 is 0 Å². The van der Waals surface area contributed by atoms with E-state index in [1.54, 1.807) is 0 Å². The number of aromatic carboxylic acids is 1. The first-order valence-electron chi connectivity index (χ1n) is 4.49. The zero-order chi connectivity index (χ0) is 12.3. The Hall–Kier alpha value is -2.88. The maximum absolute atomic E-state index is 10.9. The molecule has 0 bridgehead atoms. The Morgan fingerprint density at radius 1 is 1.24 bits per heavy atom. The van der Waals surface area contributed by atoms with Crippen LogP contribution in [0.4, 0.5) is 0 Å². The molecule has 2 rings (SSSR count). The van der Waals surface area contributed by atoms with Crippen molar-refractivity contribution in [3.63, 3.8) is 0 Å². The van der Waals surface area contributed by atoms with Crippen LogP contribution in [0.25, 0.3) is 11.4 Å². The van der Waals surface area contributed by atoms with E-state index in [0.717, 1.165) is 0 Å². The van der Waals surface area contributed by atoms with Gasteiger partial charge in [-0.3, -0.25) is 4.98 Å². The SMILES string of the molecule is N#Cc1cc(-c2nccnc2C(=O)O)ncn1. The molecule has 0 unspecified atom stereocenters. The maximum Gasteiger partial charge on any atom is 0.356 e. The fourth-order valence-electron chi connectivity index (χ4n) is 1.23. The van der Waals surface area contributed by atoms with E-state index in [2.05, 4.69) is 19.9 Å². The van der Waals surface area contributed by atoms with Gasteiger partial charge in [0, 0.05) is 18.5 Å². The standard InChI is InChI=1S/C10H5N5O2/c11-4-6-3-7(15-5-14-6)8-9(10(16)17)13-2-1-12-8/h1-3,5H,(H,16,17). The summed E-state index contributed by atoms with van der Waals surface area (Å²) in [6.45, 7) is 0. The average molecular weight is 227 g/mol. The van der Waals surface area contributed by atoms with Gasteiger partial charge in [-0.2, -0.15) is 5.26 Å². The monoisotopic (exact) mass is 227 g/mol. The number of carboxylic acids is 1. The molecule has 1 N–H and O–H groups in total. The first-order chi connectivity index (χ1) is 8.22. The summed E-state index contributed by atoms with van der Waals surface area (Å²) in [5, 5.41) is 17.6. The van der Waals surface area contributed by atoms with Gasteiger partial charge in [-0.05, 0) is 0 Å². The Morgan fingerprint density at radius 2 is 2.00 bits per heavy atom. The quantitative estimate of drug-likeness (QED) is 0.794. The number of carbonyl (C=O) groups is 1. The van der Waals surface area contributed by atoms with Gasteiger partial charge in [-0.1, -0.05) is 0 Å². The minimum atomic E-state index is -1.20. The summed E-state index contributed by atoms with van der Waals surface area (Å²) >= 11 is 0. The van der Waals surface area contributed by atoms with Crippen LogP contribution in [0.15, 0.2) is 24.8 Å². The molecular weight excluding hydrogens is 222 g/mol. The fourth-order valence-corrected chi connectivity index (χ4v) is 1.23.